The van der Waals surface area contributed by atoms with Crippen LogP contribution in [0.15, 0.2) is 85.1 Å². The Balaban J connectivity index is 1.40. The summed E-state index contributed by atoms with van der Waals surface area (Å²) < 4.78 is 21.2. The van der Waals surface area contributed by atoms with Gasteiger partial charge in [-0.05, 0) is 86.6 Å². The Kier molecular flexibility index (Phi) is 5.90. The van der Waals surface area contributed by atoms with Gasteiger partial charge >= 0.3 is 7.12 Å². The van der Waals surface area contributed by atoms with E-state index in [1.165, 1.54) is 10.9 Å². The molecule has 3 aromatic carbocycles. The van der Waals surface area contributed by atoms with Crippen molar-refractivity contribution in [3.05, 3.63) is 90.6 Å². The van der Waals surface area contributed by atoms with Crippen LogP contribution >= 0.6 is 0 Å². The number of nitrogens with zero attached hydrogens (tertiary/aromatic N) is 2. The van der Waals surface area contributed by atoms with Crippen molar-refractivity contribution in [2.24, 2.45) is 0 Å². The van der Waals surface area contributed by atoms with Gasteiger partial charge in [0.05, 0.1) is 22.2 Å². The molecule has 2 aromatic heterocycles. The third-order valence-corrected chi connectivity index (χ3v) is 8.11. The molecule has 1 aliphatic heterocycles. The first-order valence-electron chi connectivity index (χ1n) is 13.6. The number of para-hydroxylation sites is 1. The molecule has 0 amide bonds. The Labute approximate surface area is 230 Å². The summed E-state index contributed by atoms with van der Waals surface area (Å²) in [5.74, 6) is 2.38. The van der Waals surface area contributed by atoms with Crippen molar-refractivity contribution in [2.75, 3.05) is 0 Å². The van der Waals surface area contributed by atoms with Crippen LogP contribution in [-0.4, -0.2) is 27.9 Å². The maximum Gasteiger partial charge on any atom is 0.494 e. The molecule has 198 valence electrons. The van der Waals surface area contributed by atoms with Crippen molar-refractivity contribution in [2.45, 2.75) is 65.1 Å². The number of hydrogen-bond donors (Lipinski definition) is 0. The maximum atomic E-state index is 6.41. The van der Waals surface area contributed by atoms with E-state index < -0.39 is 18.3 Å². The Bertz CT molecular complexity index is 1680. The highest BCUT2D eigenvalue weighted by Crippen LogP contribution is 2.38. The largest absolute Gasteiger partial charge is 0.494 e. The zero-order chi connectivity index (χ0) is 27.6. The predicted octanol–water partition coefficient (Wildman–Crippen LogP) is 7.57. The summed E-state index contributed by atoms with van der Waals surface area (Å²) in [5.41, 5.74) is 3.57. The van der Waals surface area contributed by atoms with E-state index >= 15 is 0 Å². The Hall–Kier alpha value is -3.61. The number of benzene rings is 3. The van der Waals surface area contributed by atoms with Crippen LogP contribution in [-0.2, 0) is 14.7 Å². The molecule has 0 bridgehead atoms. The topological polar surface area (TPSA) is 45.5 Å². The monoisotopic (exact) mass is 518 g/mol. The van der Waals surface area contributed by atoms with Gasteiger partial charge in [-0.25, -0.2) is 4.98 Å². The molecule has 1 fully saturated rings. The summed E-state index contributed by atoms with van der Waals surface area (Å²) in [6, 6.07) is 27.0. The molecular formula is C33H35BN2O3. The number of aromatic nitrogens is 2. The van der Waals surface area contributed by atoms with Crippen LogP contribution in [0.25, 0.3) is 27.6 Å². The molecule has 0 spiro atoms. The van der Waals surface area contributed by atoms with Crippen LogP contribution in [0.1, 0.15) is 54.0 Å². The summed E-state index contributed by atoms with van der Waals surface area (Å²) in [6.07, 6.45) is 1.90. The maximum absolute atomic E-state index is 6.41. The Morgan fingerprint density at radius 1 is 0.744 bits per heavy atom. The first-order chi connectivity index (χ1) is 18.4. The highest BCUT2D eigenvalue weighted by atomic mass is 16.7. The van der Waals surface area contributed by atoms with E-state index in [-0.39, 0.29) is 5.41 Å². The van der Waals surface area contributed by atoms with Crippen LogP contribution in [0, 0.1) is 0 Å². The van der Waals surface area contributed by atoms with Crippen molar-refractivity contribution in [1.29, 1.82) is 0 Å². The molecule has 0 aliphatic carbocycles. The van der Waals surface area contributed by atoms with Crippen LogP contribution in [0.2, 0.25) is 0 Å². The van der Waals surface area contributed by atoms with E-state index in [4.69, 9.17) is 19.0 Å². The molecule has 0 atom stereocenters. The second-order valence-corrected chi connectivity index (χ2v) is 12.4. The molecule has 5 nitrogen and oxygen atoms in total. The molecule has 0 N–H and O–H groups in total. The molecule has 3 heterocycles. The summed E-state index contributed by atoms with van der Waals surface area (Å²) in [5, 5.41) is 2.34. The average Bonchev–Trinajstić information content (AvgIpc) is 3.32. The van der Waals surface area contributed by atoms with Gasteiger partial charge in [-0.2, -0.15) is 0 Å². The van der Waals surface area contributed by atoms with Gasteiger partial charge in [-0.3, -0.25) is 4.57 Å². The van der Waals surface area contributed by atoms with E-state index in [0.29, 0.717) is 0 Å². The highest BCUT2D eigenvalue weighted by molar-refractivity contribution is 6.62. The van der Waals surface area contributed by atoms with Gasteiger partial charge in [0.25, 0.3) is 0 Å². The van der Waals surface area contributed by atoms with E-state index in [2.05, 4.69) is 102 Å². The van der Waals surface area contributed by atoms with Gasteiger partial charge in [0, 0.05) is 23.0 Å². The first kappa shape index (κ1) is 25.7. The van der Waals surface area contributed by atoms with E-state index in [9.17, 15) is 0 Å². The number of rotatable bonds is 4. The molecule has 1 aliphatic rings. The number of fused-ring (bicyclic) bond motifs is 3. The minimum Gasteiger partial charge on any atom is -0.457 e. The van der Waals surface area contributed by atoms with Crippen molar-refractivity contribution < 1.29 is 14.0 Å². The van der Waals surface area contributed by atoms with E-state index in [1.807, 2.05) is 36.5 Å². The molecule has 0 saturated carbocycles. The average molecular weight is 518 g/mol. The summed E-state index contributed by atoms with van der Waals surface area (Å²) in [7, 11) is -0.440. The molecule has 0 unspecified atom stereocenters. The Morgan fingerprint density at radius 2 is 1.44 bits per heavy atom. The van der Waals surface area contributed by atoms with Crippen molar-refractivity contribution >= 4 is 34.4 Å². The van der Waals surface area contributed by atoms with Gasteiger partial charge < -0.3 is 14.0 Å². The second-order valence-electron chi connectivity index (χ2n) is 12.4. The van der Waals surface area contributed by atoms with Crippen molar-refractivity contribution in [1.82, 2.24) is 9.55 Å². The molecule has 39 heavy (non-hydrogen) atoms. The first-order valence-corrected chi connectivity index (χ1v) is 13.6. The fourth-order valence-electron chi connectivity index (χ4n) is 5.11. The number of ether oxygens (including phenoxy) is 1. The lowest BCUT2D eigenvalue weighted by molar-refractivity contribution is 0.00578. The van der Waals surface area contributed by atoms with Crippen LogP contribution in [0.4, 0.5) is 0 Å². The molecule has 5 aromatic rings. The van der Waals surface area contributed by atoms with Gasteiger partial charge in [-0.1, -0.05) is 51.1 Å². The molecule has 1 saturated heterocycles. The standard InChI is InChI=1S/C33H35BN2O3/c1-31(2,3)22-17-18-35-30(19-22)36-28-14-9-8-13-26(28)27-16-15-25(21-29(27)36)37-24-12-10-11-23(20-24)34-38-32(4,5)33(6,7)39-34/h8-21H,1-7H3. The normalized spacial score (nSPS) is 16.7. The van der Waals surface area contributed by atoms with Gasteiger partial charge in [-0.15, -0.1) is 0 Å². The third-order valence-electron chi connectivity index (χ3n) is 8.11. The zero-order valence-corrected chi connectivity index (χ0v) is 23.8. The van der Waals surface area contributed by atoms with Crippen molar-refractivity contribution in [3.63, 3.8) is 0 Å². The minimum absolute atomic E-state index is 0.0207. The van der Waals surface area contributed by atoms with E-state index in [1.54, 1.807) is 0 Å². The molecular weight excluding hydrogens is 483 g/mol. The SMILES string of the molecule is CC(C)(C)c1ccnc(-n2c3ccccc3c3ccc(Oc4cccc(B5OC(C)(C)C(C)(C)O5)c4)cc32)c1. The van der Waals surface area contributed by atoms with Crippen LogP contribution < -0.4 is 10.2 Å². The van der Waals surface area contributed by atoms with Crippen LogP contribution in [0.3, 0.4) is 0 Å². The van der Waals surface area contributed by atoms with E-state index in [0.717, 1.165) is 39.2 Å². The van der Waals surface area contributed by atoms with Gasteiger partial charge in [0.15, 0.2) is 0 Å². The van der Waals surface area contributed by atoms with Crippen LogP contribution in [0.5, 0.6) is 11.5 Å². The fraction of sp³-hybridized carbons (Fsp3) is 0.303. The number of hydrogen-bond acceptors (Lipinski definition) is 4. The number of pyridine rings is 1. The lowest BCUT2D eigenvalue weighted by Crippen LogP contribution is -2.41. The molecule has 6 rings (SSSR count). The summed E-state index contributed by atoms with van der Waals surface area (Å²) in [4.78, 5) is 4.78. The summed E-state index contributed by atoms with van der Waals surface area (Å²) >= 11 is 0. The minimum atomic E-state index is -0.440. The van der Waals surface area contributed by atoms with Crippen molar-refractivity contribution in [3.8, 4) is 17.3 Å². The predicted molar refractivity (Wildman–Crippen MR) is 160 cm³/mol. The lowest BCUT2D eigenvalue weighted by Gasteiger charge is -2.32. The Morgan fingerprint density at radius 3 is 2.18 bits per heavy atom. The molecule has 0 radical (unpaired) electrons. The fourth-order valence-corrected chi connectivity index (χ4v) is 5.11. The second kappa shape index (κ2) is 8.97. The zero-order valence-electron chi connectivity index (χ0n) is 23.8. The third kappa shape index (κ3) is 4.52. The quantitative estimate of drug-likeness (QED) is 0.230. The van der Waals surface area contributed by atoms with Gasteiger partial charge in [0.2, 0.25) is 0 Å². The smallest absolute Gasteiger partial charge is 0.457 e. The lowest BCUT2D eigenvalue weighted by atomic mass is 9.79. The summed E-state index contributed by atoms with van der Waals surface area (Å²) in [6.45, 7) is 14.9. The molecule has 6 heteroatoms. The van der Waals surface area contributed by atoms with Gasteiger partial charge in [0.1, 0.15) is 17.3 Å². The highest BCUT2D eigenvalue weighted by Gasteiger charge is 2.51.